The first-order chi connectivity index (χ1) is 12.4. The Balaban J connectivity index is 1.76. The number of ether oxygens (including phenoxy) is 2. The van der Waals surface area contributed by atoms with Crippen LogP contribution in [0.25, 0.3) is 0 Å². The highest BCUT2D eigenvalue weighted by Crippen LogP contribution is 2.32. The van der Waals surface area contributed by atoms with E-state index < -0.39 is 10.0 Å². The van der Waals surface area contributed by atoms with Gasteiger partial charge in [0, 0.05) is 5.56 Å². The minimum absolute atomic E-state index is 0.0413. The van der Waals surface area contributed by atoms with Crippen LogP contribution in [0.1, 0.15) is 28.9 Å². The molecular weight excluding hydrogens is 356 g/mol. The van der Waals surface area contributed by atoms with Crippen molar-refractivity contribution < 1.29 is 22.7 Å². The molecule has 2 aromatic rings. The first-order valence-electron chi connectivity index (χ1n) is 8.15. The molecule has 0 radical (unpaired) electrons. The molecular formula is C18H20N2O5S. The third kappa shape index (κ3) is 3.81. The number of sulfonamides is 1. The van der Waals surface area contributed by atoms with Crippen molar-refractivity contribution in [3.8, 4) is 11.5 Å². The average molecular weight is 376 g/mol. The third-order valence-corrected chi connectivity index (χ3v) is 5.50. The third-order valence-electron chi connectivity index (χ3n) is 4.09. The van der Waals surface area contributed by atoms with Gasteiger partial charge in [0.15, 0.2) is 11.5 Å². The fourth-order valence-corrected chi connectivity index (χ4v) is 3.39. The van der Waals surface area contributed by atoms with Gasteiger partial charge in [-0.2, -0.15) is 0 Å². The Bertz CT molecular complexity index is 927. The van der Waals surface area contributed by atoms with Gasteiger partial charge in [-0.05, 0) is 49.9 Å². The van der Waals surface area contributed by atoms with E-state index in [1.807, 2.05) is 25.1 Å². The molecule has 1 amide bonds. The normalized spacial score (nSPS) is 14.5. The molecule has 8 heteroatoms. The number of hydrogen-bond acceptors (Lipinski definition) is 5. The predicted octanol–water partition coefficient (Wildman–Crippen LogP) is 1.86. The van der Waals surface area contributed by atoms with Gasteiger partial charge in [0.1, 0.15) is 13.2 Å². The fraction of sp³-hybridized carbons (Fsp3) is 0.278. The molecule has 0 fully saturated rings. The van der Waals surface area contributed by atoms with Crippen LogP contribution in [0.2, 0.25) is 0 Å². The smallest absolute Gasteiger partial charge is 0.251 e. The molecule has 7 nitrogen and oxygen atoms in total. The first kappa shape index (κ1) is 18.2. The Labute approximate surface area is 152 Å². The van der Waals surface area contributed by atoms with Crippen LogP contribution in [-0.4, -0.2) is 34.6 Å². The van der Waals surface area contributed by atoms with Crippen LogP contribution in [0.4, 0.5) is 0 Å². The summed E-state index contributed by atoms with van der Waals surface area (Å²) in [6, 6.07) is 11.1. The second-order valence-corrected chi connectivity index (χ2v) is 7.72. The van der Waals surface area contributed by atoms with Crippen LogP contribution in [0.3, 0.4) is 0 Å². The zero-order chi connectivity index (χ0) is 18.7. The lowest BCUT2D eigenvalue weighted by Crippen LogP contribution is -2.27. The molecule has 2 aromatic carbocycles. The van der Waals surface area contributed by atoms with Crippen LogP contribution in [0.15, 0.2) is 47.4 Å². The summed E-state index contributed by atoms with van der Waals surface area (Å²) in [6.45, 7) is 2.85. The minimum atomic E-state index is -3.61. The SMILES string of the molecule is CNS(=O)(=O)c1cccc(C(=O)N[C@H](C)c2ccc3c(c2)OCCO3)c1. The number of hydrogen-bond donors (Lipinski definition) is 2. The van der Waals surface area contributed by atoms with E-state index in [9.17, 15) is 13.2 Å². The standard InChI is InChI=1S/C18H20N2O5S/c1-12(13-6-7-16-17(11-13)25-9-8-24-16)20-18(21)14-4-3-5-15(10-14)26(22,23)19-2/h3-7,10-12,19H,8-9H2,1-2H3,(H,20,21)/t12-/m1/s1. The van der Waals surface area contributed by atoms with Crippen molar-refractivity contribution in [2.75, 3.05) is 20.3 Å². The maximum absolute atomic E-state index is 12.5. The van der Waals surface area contributed by atoms with E-state index in [1.54, 1.807) is 6.07 Å². The molecule has 1 aliphatic heterocycles. The van der Waals surface area contributed by atoms with Crippen molar-refractivity contribution in [1.29, 1.82) is 0 Å². The molecule has 3 rings (SSSR count). The molecule has 138 valence electrons. The number of amides is 1. The first-order valence-corrected chi connectivity index (χ1v) is 9.63. The Morgan fingerprint density at radius 3 is 2.54 bits per heavy atom. The second kappa shape index (κ2) is 7.35. The van der Waals surface area contributed by atoms with E-state index in [2.05, 4.69) is 10.0 Å². The van der Waals surface area contributed by atoms with Gasteiger partial charge in [0.2, 0.25) is 10.0 Å². The van der Waals surface area contributed by atoms with Crippen molar-refractivity contribution in [1.82, 2.24) is 10.0 Å². The fourth-order valence-electron chi connectivity index (χ4n) is 2.61. The number of fused-ring (bicyclic) bond motifs is 1. The van der Waals surface area contributed by atoms with E-state index >= 15 is 0 Å². The van der Waals surface area contributed by atoms with Crippen molar-refractivity contribution in [2.24, 2.45) is 0 Å². The molecule has 0 saturated carbocycles. The van der Waals surface area contributed by atoms with Gasteiger partial charge in [-0.25, -0.2) is 13.1 Å². The van der Waals surface area contributed by atoms with Crippen molar-refractivity contribution in [3.63, 3.8) is 0 Å². The summed E-state index contributed by atoms with van der Waals surface area (Å²) in [6.07, 6.45) is 0. The summed E-state index contributed by atoms with van der Waals surface area (Å²) in [7, 11) is -2.28. The highest BCUT2D eigenvalue weighted by Gasteiger charge is 2.18. The van der Waals surface area contributed by atoms with Crippen LogP contribution in [0.5, 0.6) is 11.5 Å². The van der Waals surface area contributed by atoms with Crippen LogP contribution >= 0.6 is 0 Å². The summed E-state index contributed by atoms with van der Waals surface area (Å²) >= 11 is 0. The highest BCUT2D eigenvalue weighted by atomic mass is 32.2. The number of carbonyl (C=O) groups excluding carboxylic acids is 1. The lowest BCUT2D eigenvalue weighted by atomic mass is 10.1. The maximum atomic E-state index is 12.5. The summed E-state index contributed by atoms with van der Waals surface area (Å²) in [5.41, 5.74) is 1.13. The van der Waals surface area contributed by atoms with Gasteiger partial charge in [-0.3, -0.25) is 4.79 Å². The van der Waals surface area contributed by atoms with Gasteiger partial charge in [-0.15, -0.1) is 0 Å². The molecule has 0 saturated heterocycles. The zero-order valence-electron chi connectivity index (χ0n) is 14.5. The molecule has 1 atom stereocenters. The van der Waals surface area contributed by atoms with Gasteiger partial charge in [-0.1, -0.05) is 12.1 Å². The molecule has 0 unspecified atom stereocenters. The summed E-state index contributed by atoms with van der Waals surface area (Å²) in [4.78, 5) is 12.5. The zero-order valence-corrected chi connectivity index (χ0v) is 15.3. The van der Waals surface area contributed by atoms with E-state index in [-0.39, 0.29) is 22.4 Å². The number of benzene rings is 2. The van der Waals surface area contributed by atoms with Gasteiger partial charge >= 0.3 is 0 Å². The van der Waals surface area contributed by atoms with Crippen molar-refractivity contribution in [3.05, 3.63) is 53.6 Å². The van der Waals surface area contributed by atoms with Gasteiger partial charge in [0.25, 0.3) is 5.91 Å². The van der Waals surface area contributed by atoms with Gasteiger partial charge < -0.3 is 14.8 Å². The molecule has 0 aromatic heterocycles. The molecule has 0 bridgehead atoms. The monoisotopic (exact) mass is 376 g/mol. The number of carbonyl (C=O) groups is 1. The van der Waals surface area contributed by atoms with Crippen molar-refractivity contribution in [2.45, 2.75) is 17.9 Å². The lowest BCUT2D eigenvalue weighted by Gasteiger charge is -2.21. The number of rotatable bonds is 5. The van der Waals surface area contributed by atoms with Crippen LogP contribution < -0.4 is 19.5 Å². The Hall–Kier alpha value is -2.58. The molecule has 0 aliphatic carbocycles. The topological polar surface area (TPSA) is 93.7 Å². The molecule has 1 aliphatic rings. The lowest BCUT2D eigenvalue weighted by molar-refractivity contribution is 0.0939. The summed E-state index contributed by atoms with van der Waals surface area (Å²) < 4.78 is 37.1. The Morgan fingerprint density at radius 1 is 1.08 bits per heavy atom. The highest BCUT2D eigenvalue weighted by molar-refractivity contribution is 7.89. The Morgan fingerprint density at radius 2 is 1.81 bits per heavy atom. The van der Waals surface area contributed by atoms with Crippen molar-refractivity contribution >= 4 is 15.9 Å². The molecule has 0 spiro atoms. The largest absolute Gasteiger partial charge is 0.486 e. The quantitative estimate of drug-likeness (QED) is 0.831. The van der Waals surface area contributed by atoms with Crippen LogP contribution in [0, 0.1) is 0 Å². The van der Waals surface area contributed by atoms with E-state index in [4.69, 9.17) is 9.47 Å². The maximum Gasteiger partial charge on any atom is 0.251 e. The Kier molecular flexibility index (Phi) is 5.15. The average Bonchev–Trinajstić information content (AvgIpc) is 2.67. The molecule has 26 heavy (non-hydrogen) atoms. The molecule has 1 heterocycles. The summed E-state index contributed by atoms with van der Waals surface area (Å²) in [5, 5.41) is 2.87. The number of nitrogens with one attached hydrogen (secondary N) is 2. The van der Waals surface area contributed by atoms with E-state index in [1.165, 1.54) is 25.2 Å². The van der Waals surface area contributed by atoms with Gasteiger partial charge in [0.05, 0.1) is 10.9 Å². The minimum Gasteiger partial charge on any atom is -0.486 e. The summed E-state index contributed by atoms with van der Waals surface area (Å²) in [5.74, 6) is 0.973. The van der Waals surface area contributed by atoms with E-state index in [0.717, 1.165) is 5.56 Å². The second-order valence-electron chi connectivity index (χ2n) is 5.83. The predicted molar refractivity (Wildman–Crippen MR) is 96.0 cm³/mol. The van der Waals surface area contributed by atoms with Crippen LogP contribution in [-0.2, 0) is 10.0 Å². The van der Waals surface area contributed by atoms with E-state index in [0.29, 0.717) is 24.7 Å². The molecule has 2 N–H and O–H groups in total.